The summed E-state index contributed by atoms with van der Waals surface area (Å²) in [6, 6.07) is 0. The number of halogens is 1. The number of rotatable bonds is 2. The van der Waals surface area contributed by atoms with Crippen LogP contribution in [0.2, 0.25) is 0 Å². The Morgan fingerprint density at radius 1 is 1.78 bits per heavy atom. The van der Waals surface area contributed by atoms with Crippen LogP contribution in [0.1, 0.15) is 11.7 Å². The molecule has 0 aliphatic rings. The number of hydrogen-bond acceptors (Lipinski definition) is 3. The van der Waals surface area contributed by atoms with E-state index in [0.29, 0.717) is 5.89 Å². The van der Waals surface area contributed by atoms with Crippen LogP contribution in [0.25, 0.3) is 0 Å². The third-order valence-corrected chi connectivity index (χ3v) is 0.908. The normalized spacial score (nSPS) is 10.0. The summed E-state index contributed by atoms with van der Waals surface area (Å²) in [6.07, 6.45) is 1.34. The van der Waals surface area contributed by atoms with Crippen LogP contribution in [0, 0.1) is 0 Å². The van der Waals surface area contributed by atoms with Crippen molar-refractivity contribution in [2.24, 2.45) is 5.73 Å². The molecule has 0 saturated carbocycles. The zero-order valence-electron chi connectivity index (χ0n) is 4.80. The average Bonchev–Trinajstić information content (AvgIpc) is 2.34. The fraction of sp³-hybridized carbons (Fsp3) is 0.400. The van der Waals surface area contributed by atoms with Crippen molar-refractivity contribution < 1.29 is 8.81 Å². The van der Waals surface area contributed by atoms with E-state index in [1.807, 2.05) is 0 Å². The maximum atomic E-state index is 11.7. The highest BCUT2D eigenvalue weighted by Crippen LogP contribution is 2.02. The Morgan fingerprint density at radius 2 is 2.56 bits per heavy atom. The highest BCUT2D eigenvalue weighted by molar-refractivity contribution is 4.91. The first-order valence-electron chi connectivity index (χ1n) is 2.56. The van der Waals surface area contributed by atoms with E-state index >= 15 is 0 Å². The lowest BCUT2D eigenvalue weighted by atomic mass is 10.6. The van der Waals surface area contributed by atoms with E-state index in [-0.39, 0.29) is 12.3 Å². The lowest BCUT2D eigenvalue weighted by Gasteiger charge is -1.83. The van der Waals surface area contributed by atoms with Crippen LogP contribution in [0.15, 0.2) is 10.6 Å². The van der Waals surface area contributed by atoms with Gasteiger partial charge in [0.1, 0.15) is 6.67 Å². The van der Waals surface area contributed by atoms with Gasteiger partial charge in [0.25, 0.3) is 0 Å². The van der Waals surface area contributed by atoms with Crippen LogP contribution in [0.4, 0.5) is 4.39 Å². The molecule has 0 spiro atoms. The van der Waals surface area contributed by atoms with Gasteiger partial charge >= 0.3 is 0 Å². The fourth-order valence-corrected chi connectivity index (χ4v) is 0.504. The summed E-state index contributed by atoms with van der Waals surface area (Å²) >= 11 is 0. The van der Waals surface area contributed by atoms with Gasteiger partial charge in [0.05, 0.1) is 12.7 Å². The number of alkyl halides is 1. The summed E-state index contributed by atoms with van der Waals surface area (Å²) in [7, 11) is 0. The van der Waals surface area contributed by atoms with Gasteiger partial charge < -0.3 is 10.2 Å². The van der Waals surface area contributed by atoms with Crippen LogP contribution >= 0.6 is 0 Å². The molecule has 2 N–H and O–H groups in total. The molecule has 0 amide bonds. The van der Waals surface area contributed by atoms with Gasteiger partial charge in [0.2, 0.25) is 5.89 Å². The minimum atomic E-state index is -0.618. The van der Waals surface area contributed by atoms with Crippen molar-refractivity contribution in [1.82, 2.24) is 4.98 Å². The molecule has 1 aromatic heterocycles. The highest BCUT2D eigenvalue weighted by Gasteiger charge is 1.98. The second kappa shape index (κ2) is 2.59. The third-order valence-electron chi connectivity index (χ3n) is 0.908. The van der Waals surface area contributed by atoms with Gasteiger partial charge in [0, 0.05) is 0 Å². The summed E-state index contributed by atoms with van der Waals surface area (Å²) < 4.78 is 16.5. The summed E-state index contributed by atoms with van der Waals surface area (Å²) in [5.41, 5.74) is 5.14. The fourth-order valence-electron chi connectivity index (χ4n) is 0.504. The summed E-state index contributed by atoms with van der Waals surface area (Å²) in [4.78, 5) is 3.67. The number of oxazole rings is 1. The smallest absolute Gasteiger partial charge is 0.208 e. The summed E-state index contributed by atoms with van der Waals surface area (Å²) in [5.74, 6) is 0.609. The van der Waals surface area contributed by atoms with Crippen molar-refractivity contribution in [3.63, 3.8) is 0 Å². The highest BCUT2D eigenvalue weighted by atomic mass is 19.1. The number of nitrogens with two attached hydrogens (primary N) is 1. The third kappa shape index (κ3) is 1.26. The van der Waals surface area contributed by atoms with Crippen molar-refractivity contribution >= 4 is 0 Å². The van der Waals surface area contributed by atoms with Crippen LogP contribution in [0.3, 0.4) is 0 Å². The molecule has 50 valence electrons. The lowest BCUT2D eigenvalue weighted by Crippen LogP contribution is -1.94. The van der Waals surface area contributed by atoms with E-state index in [4.69, 9.17) is 10.2 Å². The quantitative estimate of drug-likeness (QED) is 0.637. The zero-order valence-corrected chi connectivity index (χ0v) is 4.80. The van der Waals surface area contributed by atoms with Crippen molar-refractivity contribution in [3.05, 3.63) is 17.8 Å². The van der Waals surface area contributed by atoms with Gasteiger partial charge in [-0.2, -0.15) is 0 Å². The van der Waals surface area contributed by atoms with Crippen molar-refractivity contribution in [3.8, 4) is 0 Å². The van der Waals surface area contributed by atoms with Crippen molar-refractivity contribution in [2.75, 3.05) is 0 Å². The molecule has 4 heteroatoms. The molecule has 0 aliphatic heterocycles. The molecule has 0 bridgehead atoms. The first-order chi connectivity index (χ1) is 4.36. The molecule has 0 atom stereocenters. The molecule has 9 heavy (non-hydrogen) atoms. The predicted octanol–water partition coefficient (Wildman–Crippen LogP) is 0.603. The van der Waals surface area contributed by atoms with Gasteiger partial charge in [-0.05, 0) is 0 Å². The second-order valence-electron chi connectivity index (χ2n) is 1.56. The van der Waals surface area contributed by atoms with Crippen molar-refractivity contribution in [1.29, 1.82) is 0 Å². The molecular weight excluding hydrogens is 123 g/mol. The number of nitrogens with zero attached hydrogens (tertiary/aromatic N) is 1. The zero-order chi connectivity index (χ0) is 6.69. The molecule has 3 nitrogen and oxygen atoms in total. The first kappa shape index (κ1) is 6.22. The van der Waals surface area contributed by atoms with Crippen LogP contribution in [-0.4, -0.2) is 4.98 Å². The molecule has 0 fully saturated rings. The SMILES string of the molecule is NCc1ncc(CF)o1. The minimum Gasteiger partial charge on any atom is -0.442 e. The molecule has 0 radical (unpaired) electrons. The van der Waals surface area contributed by atoms with E-state index in [1.54, 1.807) is 0 Å². The van der Waals surface area contributed by atoms with Gasteiger partial charge in [-0.15, -0.1) is 0 Å². The second-order valence-corrected chi connectivity index (χ2v) is 1.56. The molecule has 1 aromatic rings. The van der Waals surface area contributed by atoms with E-state index < -0.39 is 6.67 Å². The lowest BCUT2D eigenvalue weighted by molar-refractivity contribution is 0.375. The van der Waals surface area contributed by atoms with E-state index in [1.165, 1.54) is 6.20 Å². The minimum absolute atomic E-state index is 0.222. The van der Waals surface area contributed by atoms with Gasteiger partial charge in [-0.1, -0.05) is 0 Å². The Morgan fingerprint density at radius 3 is 2.89 bits per heavy atom. The Balaban J connectivity index is 2.74. The predicted molar refractivity (Wildman–Crippen MR) is 29.2 cm³/mol. The molecule has 1 heterocycles. The van der Waals surface area contributed by atoms with Crippen molar-refractivity contribution in [2.45, 2.75) is 13.2 Å². The monoisotopic (exact) mass is 130 g/mol. The average molecular weight is 130 g/mol. The summed E-state index contributed by atoms with van der Waals surface area (Å²) in [6.45, 7) is -0.396. The summed E-state index contributed by atoms with van der Waals surface area (Å²) in [5, 5.41) is 0. The molecule has 1 rings (SSSR count). The van der Waals surface area contributed by atoms with Crippen LogP contribution in [-0.2, 0) is 13.2 Å². The van der Waals surface area contributed by atoms with Gasteiger partial charge in [-0.25, -0.2) is 9.37 Å². The number of hydrogen-bond donors (Lipinski definition) is 1. The van der Waals surface area contributed by atoms with Gasteiger partial charge in [0.15, 0.2) is 5.76 Å². The Bertz CT molecular complexity index is 168. The van der Waals surface area contributed by atoms with E-state index in [2.05, 4.69) is 4.98 Å². The molecule has 0 saturated heterocycles. The molecule has 0 aromatic carbocycles. The maximum Gasteiger partial charge on any atom is 0.208 e. The Kier molecular flexibility index (Phi) is 1.79. The van der Waals surface area contributed by atoms with E-state index in [0.717, 1.165) is 0 Å². The largest absolute Gasteiger partial charge is 0.442 e. The standard InChI is InChI=1S/C5H7FN2O/c6-1-4-3-8-5(2-7)9-4/h3H,1-2,7H2. The van der Waals surface area contributed by atoms with E-state index in [9.17, 15) is 4.39 Å². The Hall–Kier alpha value is -0.900. The molecular formula is C5H7FN2O. The van der Waals surface area contributed by atoms with Crippen LogP contribution in [0.5, 0.6) is 0 Å². The molecule has 0 aliphatic carbocycles. The topological polar surface area (TPSA) is 52.0 Å². The molecule has 0 unspecified atom stereocenters. The first-order valence-corrected chi connectivity index (χ1v) is 2.56. The van der Waals surface area contributed by atoms with Gasteiger partial charge in [-0.3, -0.25) is 0 Å². The maximum absolute atomic E-state index is 11.7. The Labute approximate surface area is 51.7 Å². The number of aromatic nitrogens is 1. The van der Waals surface area contributed by atoms with Crippen LogP contribution < -0.4 is 5.73 Å².